The van der Waals surface area contributed by atoms with E-state index in [1.165, 1.54) is 12.8 Å². The molecule has 0 aromatic carbocycles. The lowest BCUT2D eigenvalue weighted by molar-refractivity contribution is -0.121. The molecule has 1 saturated carbocycles. The highest BCUT2D eigenvalue weighted by Gasteiger charge is 2.24. The van der Waals surface area contributed by atoms with Gasteiger partial charge >= 0.3 is 0 Å². The summed E-state index contributed by atoms with van der Waals surface area (Å²) in [4.78, 5) is 15.8. The number of amides is 1. The Morgan fingerprint density at radius 3 is 3.05 bits per heavy atom. The van der Waals surface area contributed by atoms with Crippen LogP contribution in [-0.2, 0) is 18.4 Å². The second kappa shape index (κ2) is 5.45. The maximum atomic E-state index is 11.7. The molecule has 3 rings (SSSR count). The molecule has 0 spiro atoms. The van der Waals surface area contributed by atoms with Gasteiger partial charge in [0.05, 0.1) is 17.9 Å². The van der Waals surface area contributed by atoms with Crippen LogP contribution in [0.15, 0.2) is 30.6 Å². The Hall–Kier alpha value is -2.17. The number of rotatable bonds is 5. The summed E-state index contributed by atoms with van der Waals surface area (Å²) < 4.78 is 1.81. The summed E-state index contributed by atoms with van der Waals surface area (Å²) >= 11 is 0. The van der Waals surface area contributed by atoms with Crippen LogP contribution in [0, 0.1) is 5.92 Å². The highest BCUT2D eigenvalue weighted by molar-refractivity contribution is 5.76. The maximum absolute atomic E-state index is 11.7. The number of nitrogens with zero attached hydrogens (tertiary/aromatic N) is 3. The van der Waals surface area contributed by atoms with Gasteiger partial charge in [0, 0.05) is 31.4 Å². The molecular formula is C15H18N4O. The van der Waals surface area contributed by atoms with E-state index in [9.17, 15) is 4.79 Å². The molecule has 1 aliphatic rings. The summed E-state index contributed by atoms with van der Waals surface area (Å²) in [5.41, 5.74) is 2.86. The molecule has 2 aromatic rings. The van der Waals surface area contributed by atoms with Gasteiger partial charge in [-0.25, -0.2) is 0 Å². The Labute approximate surface area is 118 Å². The van der Waals surface area contributed by atoms with Gasteiger partial charge in [0.15, 0.2) is 0 Å². The van der Waals surface area contributed by atoms with Gasteiger partial charge in [-0.05, 0) is 37.0 Å². The van der Waals surface area contributed by atoms with Crippen molar-refractivity contribution < 1.29 is 4.79 Å². The van der Waals surface area contributed by atoms with Crippen LogP contribution in [-0.4, -0.2) is 20.7 Å². The summed E-state index contributed by atoms with van der Waals surface area (Å²) in [7, 11) is 1.89. The molecule has 1 aliphatic carbocycles. The van der Waals surface area contributed by atoms with Gasteiger partial charge in [0.25, 0.3) is 0 Å². The highest BCUT2D eigenvalue weighted by Crippen LogP contribution is 2.32. The summed E-state index contributed by atoms with van der Waals surface area (Å²) in [5.74, 6) is 0.754. The largest absolute Gasteiger partial charge is 0.350 e. The van der Waals surface area contributed by atoms with Crippen molar-refractivity contribution in [3.8, 4) is 11.3 Å². The molecule has 104 valence electrons. The van der Waals surface area contributed by atoms with Crippen molar-refractivity contribution >= 4 is 5.91 Å². The molecular weight excluding hydrogens is 252 g/mol. The fourth-order valence-corrected chi connectivity index (χ4v) is 2.17. The number of pyridine rings is 1. The standard InChI is InChI=1S/C15H18N4O/c1-19-13(10-17-15(20)7-11-4-5-11)8-14(18-19)12-3-2-6-16-9-12/h2-3,6,8-9,11H,4-5,7,10H2,1H3,(H,17,20). The number of aryl methyl sites for hydroxylation is 1. The topological polar surface area (TPSA) is 59.8 Å². The molecule has 1 N–H and O–H groups in total. The third-order valence-corrected chi connectivity index (χ3v) is 3.57. The van der Waals surface area contributed by atoms with Gasteiger partial charge in [0.2, 0.25) is 5.91 Å². The summed E-state index contributed by atoms with van der Waals surface area (Å²) in [6.07, 6.45) is 6.59. The van der Waals surface area contributed by atoms with E-state index in [4.69, 9.17) is 0 Å². The van der Waals surface area contributed by atoms with Crippen molar-refractivity contribution in [1.82, 2.24) is 20.1 Å². The van der Waals surface area contributed by atoms with E-state index >= 15 is 0 Å². The van der Waals surface area contributed by atoms with Crippen LogP contribution < -0.4 is 5.32 Å². The monoisotopic (exact) mass is 270 g/mol. The molecule has 0 unspecified atom stereocenters. The summed E-state index contributed by atoms with van der Waals surface area (Å²) in [6.45, 7) is 0.523. The molecule has 0 radical (unpaired) electrons. The molecule has 1 fully saturated rings. The predicted molar refractivity (Wildman–Crippen MR) is 75.6 cm³/mol. The van der Waals surface area contributed by atoms with Crippen molar-refractivity contribution in [1.29, 1.82) is 0 Å². The summed E-state index contributed by atoms with van der Waals surface area (Å²) in [5, 5.41) is 7.42. The highest BCUT2D eigenvalue weighted by atomic mass is 16.1. The van der Waals surface area contributed by atoms with Gasteiger partial charge < -0.3 is 5.32 Å². The maximum Gasteiger partial charge on any atom is 0.220 e. The second-order valence-electron chi connectivity index (χ2n) is 5.31. The molecule has 0 aliphatic heterocycles. The van der Waals surface area contributed by atoms with Crippen LogP contribution >= 0.6 is 0 Å². The number of hydrogen-bond acceptors (Lipinski definition) is 3. The first kappa shape index (κ1) is 12.8. The lowest BCUT2D eigenvalue weighted by Gasteiger charge is -2.04. The average Bonchev–Trinajstić information content (AvgIpc) is 3.19. The lowest BCUT2D eigenvalue weighted by atomic mass is 10.2. The van der Waals surface area contributed by atoms with Crippen LogP contribution in [0.5, 0.6) is 0 Å². The quantitative estimate of drug-likeness (QED) is 0.902. The molecule has 2 heterocycles. The Kier molecular flexibility index (Phi) is 3.50. The first-order chi connectivity index (χ1) is 9.72. The normalized spacial score (nSPS) is 14.2. The van der Waals surface area contributed by atoms with Crippen LogP contribution in [0.1, 0.15) is 25.0 Å². The van der Waals surface area contributed by atoms with Crippen LogP contribution in [0.25, 0.3) is 11.3 Å². The van der Waals surface area contributed by atoms with Crippen LogP contribution in [0.4, 0.5) is 0 Å². The van der Waals surface area contributed by atoms with Crippen molar-refractivity contribution in [3.05, 3.63) is 36.3 Å². The minimum absolute atomic E-state index is 0.136. The van der Waals surface area contributed by atoms with Crippen molar-refractivity contribution in [2.45, 2.75) is 25.8 Å². The predicted octanol–water partition coefficient (Wildman–Crippen LogP) is 1.90. The van der Waals surface area contributed by atoms with E-state index in [2.05, 4.69) is 15.4 Å². The minimum Gasteiger partial charge on any atom is -0.350 e. The van der Waals surface area contributed by atoms with Crippen LogP contribution in [0.2, 0.25) is 0 Å². The average molecular weight is 270 g/mol. The van der Waals surface area contributed by atoms with E-state index in [0.29, 0.717) is 18.9 Å². The molecule has 5 heteroatoms. The van der Waals surface area contributed by atoms with E-state index in [0.717, 1.165) is 17.0 Å². The van der Waals surface area contributed by atoms with Crippen molar-refractivity contribution in [2.75, 3.05) is 0 Å². The van der Waals surface area contributed by atoms with Gasteiger partial charge in [-0.15, -0.1) is 0 Å². The summed E-state index contributed by atoms with van der Waals surface area (Å²) in [6, 6.07) is 5.86. The van der Waals surface area contributed by atoms with Gasteiger partial charge in [-0.1, -0.05) is 0 Å². The zero-order valence-corrected chi connectivity index (χ0v) is 11.5. The number of nitrogens with one attached hydrogen (secondary N) is 1. The Balaban J connectivity index is 1.64. The zero-order valence-electron chi connectivity index (χ0n) is 11.5. The first-order valence-corrected chi connectivity index (χ1v) is 6.92. The Bertz CT molecular complexity index is 602. The third-order valence-electron chi connectivity index (χ3n) is 3.57. The molecule has 1 amide bonds. The van der Waals surface area contributed by atoms with Gasteiger partial charge in [0.1, 0.15) is 0 Å². The lowest BCUT2D eigenvalue weighted by Crippen LogP contribution is -2.24. The fraction of sp³-hybridized carbons (Fsp3) is 0.400. The Morgan fingerprint density at radius 1 is 1.50 bits per heavy atom. The number of carbonyl (C=O) groups is 1. The van der Waals surface area contributed by atoms with Crippen molar-refractivity contribution in [3.63, 3.8) is 0 Å². The number of aromatic nitrogens is 3. The van der Waals surface area contributed by atoms with Gasteiger partial charge in [-0.3, -0.25) is 14.5 Å². The first-order valence-electron chi connectivity index (χ1n) is 6.92. The van der Waals surface area contributed by atoms with E-state index in [-0.39, 0.29) is 5.91 Å². The van der Waals surface area contributed by atoms with Crippen LogP contribution in [0.3, 0.4) is 0 Å². The van der Waals surface area contributed by atoms with E-state index in [1.54, 1.807) is 17.1 Å². The minimum atomic E-state index is 0.136. The molecule has 0 atom stereocenters. The van der Waals surface area contributed by atoms with E-state index in [1.807, 2.05) is 25.2 Å². The SMILES string of the molecule is Cn1nc(-c2cccnc2)cc1CNC(=O)CC1CC1. The van der Waals surface area contributed by atoms with E-state index < -0.39 is 0 Å². The number of hydrogen-bond donors (Lipinski definition) is 1. The Morgan fingerprint density at radius 2 is 2.35 bits per heavy atom. The smallest absolute Gasteiger partial charge is 0.220 e. The van der Waals surface area contributed by atoms with Crippen molar-refractivity contribution in [2.24, 2.45) is 13.0 Å². The fourth-order valence-electron chi connectivity index (χ4n) is 2.17. The zero-order chi connectivity index (χ0) is 13.9. The number of carbonyl (C=O) groups excluding carboxylic acids is 1. The molecule has 2 aromatic heterocycles. The molecule has 5 nitrogen and oxygen atoms in total. The molecule has 20 heavy (non-hydrogen) atoms. The third kappa shape index (κ3) is 3.04. The molecule has 0 saturated heterocycles. The molecule has 0 bridgehead atoms. The van der Waals surface area contributed by atoms with Gasteiger partial charge in [-0.2, -0.15) is 5.10 Å². The second-order valence-corrected chi connectivity index (χ2v) is 5.31.